The van der Waals surface area contributed by atoms with Gasteiger partial charge in [-0.1, -0.05) is 26.1 Å². The molecule has 2 N–H and O–H groups in total. The Morgan fingerprint density at radius 1 is 1.43 bits per heavy atom. The summed E-state index contributed by atoms with van der Waals surface area (Å²) in [6.45, 7) is 5.39. The third kappa shape index (κ3) is 4.37. The molecule has 0 unspecified atom stereocenters. The van der Waals surface area contributed by atoms with Crippen molar-refractivity contribution in [3.05, 3.63) is 28.0 Å². The fourth-order valence-electron chi connectivity index (χ4n) is 2.37. The number of ether oxygens (including phenoxy) is 1. The Bertz CT molecular complexity index is 495. The van der Waals surface area contributed by atoms with Crippen molar-refractivity contribution in [1.29, 1.82) is 0 Å². The third-order valence-corrected chi connectivity index (χ3v) is 4.55. The average Bonchev–Trinajstić information content (AvgIpc) is 2.46. The van der Waals surface area contributed by atoms with Gasteiger partial charge in [0, 0.05) is 25.3 Å². The first-order valence-corrected chi connectivity index (χ1v) is 8.21. The molecule has 0 amide bonds. The molecule has 0 aromatic heterocycles. The standard InChI is InChI=1S/C15H22BrFN2OS/c1-4-10(5-2)19(8-9-20-3)12-7-6-11(15(18)21)13(16)14(12)17/h6-7,10H,4-5,8-9H2,1-3H3,(H2,18,21). The van der Waals surface area contributed by atoms with E-state index in [9.17, 15) is 4.39 Å². The quantitative estimate of drug-likeness (QED) is 0.699. The van der Waals surface area contributed by atoms with Crippen LogP contribution < -0.4 is 10.6 Å². The van der Waals surface area contributed by atoms with Gasteiger partial charge in [-0.15, -0.1) is 0 Å². The van der Waals surface area contributed by atoms with E-state index in [1.807, 2.05) is 4.90 Å². The monoisotopic (exact) mass is 376 g/mol. The highest BCUT2D eigenvalue weighted by atomic mass is 79.9. The van der Waals surface area contributed by atoms with Crippen LogP contribution in [-0.4, -0.2) is 31.3 Å². The molecule has 0 fully saturated rings. The number of anilines is 1. The molecule has 118 valence electrons. The SMILES string of the molecule is CCC(CC)N(CCOC)c1ccc(C(N)=S)c(Br)c1F. The Kier molecular flexibility index (Phi) is 7.56. The molecule has 1 aromatic carbocycles. The number of thiocarbonyl (C=S) groups is 1. The van der Waals surface area contributed by atoms with Gasteiger partial charge in [0.1, 0.15) is 4.99 Å². The van der Waals surface area contributed by atoms with Gasteiger partial charge in [-0.05, 0) is 40.9 Å². The van der Waals surface area contributed by atoms with Crippen molar-refractivity contribution in [1.82, 2.24) is 0 Å². The second-order valence-corrected chi connectivity index (χ2v) is 6.01. The minimum Gasteiger partial charge on any atom is -0.389 e. The molecule has 0 aliphatic rings. The van der Waals surface area contributed by atoms with Gasteiger partial charge in [0.25, 0.3) is 0 Å². The first-order chi connectivity index (χ1) is 9.97. The van der Waals surface area contributed by atoms with Crippen LogP contribution in [0.5, 0.6) is 0 Å². The summed E-state index contributed by atoms with van der Waals surface area (Å²) in [5.41, 5.74) is 6.67. The van der Waals surface area contributed by atoms with Crippen molar-refractivity contribution in [2.24, 2.45) is 5.73 Å². The molecule has 1 rings (SSSR count). The van der Waals surface area contributed by atoms with Crippen molar-refractivity contribution < 1.29 is 9.13 Å². The topological polar surface area (TPSA) is 38.5 Å². The van der Waals surface area contributed by atoms with Crippen molar-refractivity contribution in [2.45, 2.75) is 32.7 Å². The molecule has 0 saturated carbocycles. The minimum absolute atomic E-state index is 0.179. The number of hydrogen-bond donors (Lipinski definition) is 1. The predicted molar refractivity (Wildman–Crippen MR) is 93.6 cm³/mol. The summed E-state index contributed by atoms with van der Waals surface area (Å²) < 4.78 is 20.2. The van der Waals surface area contributed by atoms with Crippen molar-refractivity contribution in [2.75, 3.05) is 25.2 Å². The van der Waals surface area contributed by atoms with Gasteiger partial charge in [-0.3, -0.25) is 0 Å². The number of nitrogens with zero attached hydrogens (tertiary/aromatic N) is 1. The van der Waals surface area contributed by atoms with Crippen LogP contribution in [0.25, 0.3) is 0 Å². The number of hydrogen-bond acceptors (Lipinski definition) is 3. The van der Waals surface area contributed by atoms with E-state index >= 15 is 0 Å². The smallest absolute Gasteiger partial charge is 0.161 e. The molecule has 6 heteroatoms. The van der Waals surface area contributed by atoms with E-state index in [0.717, 1.165) is 12.8 Å². The van der Waals surface area contributed by atoms with Crippen molar-refractivity contribution in [3.63, 3.8) is 0 Å². The van der Waals surface area contributed by atoms with Crippen LogP contribution in [0.15, 0.2) is 16.6 Å². The third-order valence-electron chi connectivity index (χ3n) is 3.56. The number of halogens is 2. The second-order valence-electron chi connectivity index (χ2n) is 4.78. The summed E-state index contributed by atoms with van der Waals surface area (Å²) in [4.78, 5) is 2.23. The van der Waals surface area contributed by atoms with Gasteiger partial charge in [-0.25, -0.2) is 4.39 Å². The maximum absolute atomic E-state index is 14.7. The predicted octanol–water partition coefficient (Wildman–Crippen LogP) is 3.86. The molecule has 0 atom stereocenters. The maximum atomic E-state index is 14.7. The van der Waals surface area contributed by atoms with Gasteiger partial charge in [0.2, 0.25) is 0 Å². The average molecular weight is 377 g/mol. The van der Waals surface area contributed by atoms with Gasteiger partial charge in [0.15, 0.2) is 5.82 Å². The number of methoxy groups -OCH3 is 1. The Morgan fingerprint density at radius 2 is 2.05 bits per heavy atom. The minimum atomic E-state index is -0.330. The molecule has 0 saturated heterocycles. The lowest BCUT2D eigenvalue weighted by Crippen LogP contribution is -2.37. The molecule has 0 aliphatic heterocycles. The molecule has 0 heterocycles. The van der Waals surface area contributed by atoms with E-state index in [1.165, 1.54) is 0 Å². The second kappa shape index (κ2) is 8.66. The molecule has 0 spiro atoms. The summed E-state index contributed by atoms with van der Waals surface area (Å²) >= 11 is 8.19. The van der Waals surface area contributed by atoms with Crippen LogP contribution in [0, 0.1) is 5.82 Å². The maximum Gasteiger partial charge on any atom is 0.161 e. The van der Waals surface area contributed by atoms with E-state index in [0.29, 0.717) is 28.9 Å². The molecule has 1 aromatic rings. The largest absolute Gasteiger partial charge is 0.389 e. The Balaban J connectivity index is 3.24. The lowest BCUT2D eigenvalue weighted by atomic mass is 10.1. The van der Waals surface area contributed by atoms with Crippen LogP contribution in [0.4, 0.5) is 10.1 Å². The molecule has 3 nitrogen and oxygen atoms in total. The van der Waals surface area contributed by atoms with Crippen LogP contribution >= 0.6 is 28.1 Å². The van der Waals surface area contributed by atoms with Crippen LogP contribution in [0.2, 0.25) is 0 Å². The zero-order valence-electron chi connectivity index (χ0n) is 12.7. The van der Waals surface area contributed by atoms with Gasteiger partial charge < -0.3 is 15.4 Å². The van der Waals surface area contributed by atoms with Gasteiger partial charge in [-0.2, -0.15) is 0 Å². The zero-order valence-corrected chi connectivity index (χ0v) is 15.1. The lowest BCUT2D eigenvalue weighted by molar-refractivity contribution is 0.202. The van der Waals surface area contributed by atoms with Gasteiger partial charge in [0.05, 0.1) is 16.8 Å². The molecule has 21 heavy (non-hydrogen) atoms. The van der Waals surface area contributed by atoms with E-state index in [4.69, 9.17) is 22.7 Å². The number of benzene rings is 1. The van der Waals surface area contributed by atoms with E-state index < -0.39 is 0 Å². The molecular formula is C15H22BrFN2OS. The van der Waals surface area contributed by atoms with Crippen LogP contribution in [-0.2, 0) is 4.74 Å². The van der Waals surface area contributed by atoms with E-state index in [1.54, 1.807) is 19.2 Å². The molecule has 0 radical (unpaired) electrons. The number of nitrogens with two attached hydrogens (primary N) is 1. The number of rotatable bonds is 8. The molecule has 0 aliphatic carbocycles. The fourth-order valence-corrected chi connectivity index (χ4v) is 3.22. The zero-order chi connectivity index (χ0) is 16.0. The van der Waals surface area contributed by atoms with Crippen molar-refractivity contribution in [3.8, 4) is 0 Å². The normalized spacial score (nSPS) is 11.0. The summed E-state index contributed by atoms with van der Waals surface area (Å²) in [6.07, 6.45) is 1.88. The summed E-state index contributed by atoms with van der Waals surface area (Å²) in [7, 11) is 1.65. The Morgan fingerprint density at radius 3 is 2.52 bits per heavy atom. The summed E-state index contributed by atoms with van der Waals surface area (Å²) in [6, 6.07) is 3.76. The molecule has 0 bridgehead atoms. The van der Waals surface area contributed by atoms with Gasteiger partial charge >= 0.3 is 0 Å². The first-order valence-electron chi connectivity index (χ1n) is 7.01. The molecular weight excluding hydrogens is 355 g/mol. The summed E-state index contributed by atoms with van der Waals surface area (Å²) in [5.74, 6) is -0.330. The summed E-state index contributed by atoms with van der Waals surface area (Å²) in [5, 5.41) is 0. The van der Waals surface area contributed by atoms with Crippen molar-refractivity contribution >= 4 is 38.8 Å². The Hall–Kier alpha value is -0.720. The highest BCUT2D eigenvalue weighted by Crippen LogP contribution is 2.31. The fraction of sp³-hybridized carbons (Fsp3) is 0.533. The van der Waals surface area contributed by atoms with E-state index in [2.05, 4.69) is 29.8 Å². The van der Waals surface area contributed by atoms with E-state index in [-0.39, 0.29) is 16.8 Å². The first kappa shape index (κ1) is 18.3. The van der Waals surface area contributed by atoms with Crippen LogP contribution in [0.3, 0.4) is 0 Å². The lowest BCUT2D eigenvalue weighted by Gasteiger charge is -2.33. The highest BCUT2D eigenvalue weighted by Gasteiger charge is 2.22. The highest BCUT2D eigenvalue weighted by molar-refractivity contribution is 9.10. The Labute approximate surface area is 139 Å². The van der Waals surface area contributed by atoms with Crippen LogP contribution in [0.1, 0.15) is 32.3 Å².